The maximum absolute atomic E-state index is 10.9. The van der Waals surface area contributed by atoms with E-state index in [0.717, 1.165) is 16.8 Å². The molecule has 1 aromatic heterocycles. The Bertz CT molecular complexity index is 504. The lowest BCUT2D eigenvalue weighted by atomic mass is 10.0. The molecule has 0 atom stereocenters. The molecule has 0 saturated carbocycles. The summed E-state index contributed by atoms with van der Waals surface area (Å²) in [6.07, 6.45) is 3.91. The van der Waals surface area contributed by atoms with Crippen LogP contribution in [0.3, 0.4) is 0 Å². The van der Waals surface area contributed by atoms with Gasteiger partial charge in [-0.05, 0) is 49.2 Å². The molecular formula is C13H13NO2. The Hall–Kier alpha value is -2.03. The van der Waals surface area contributed by atoms with Gasteiger partial charge in [0.05, 0.1) is 11.3 Å². The standard InChI is InChI=1S/C13H13NO2/c1-9-7-11(13(15)16)8-10(2)12(9)14-5-3-4-6-14/h3-8H,1-2H3,(H,15,16). The highest BCUT2D eigenvalue weighted by Gasteiger charge is 2.10. The van der Waals surface area contributed by atoms with Crippen LogP contribution in [0.15, 0.2) is 36.7 Å². The minimum absolute atomic E-state index is 0.339. The van der Waals surface area contributed by atoms with Gasteiger partial charge in [-0.1, -0.05) is 0 Å². The zero-order valence-electron chi connectivity index (χ0n) is 9.27. The third-order valence-electron chi connectivity index (χ3n) is 2.60. The van der Waals surface area contributed by atoms with Gasteiger partial charge in [0.2, 0.25) is 0 Å². The lowest BCUT2D eigenvalue weighted by molar-refractivity contribution is 0.0696. The summed E-state index contributed by atoms with van der Waals surface area (Å²) in [5, 5.41) is 8.95. The van der Waals surface area contributed by atoms with Crippen molar-refractivity contribution in [2.75, 3.05) is 0 Å². The number of carbonyl (C=O) groups is 1. The Labute approximate surface area is 94.0 Å². The highest BCUT2D eigenvalue weighted by Crippen LogP contribution is 2.21. The molecule has 1 N–H and O–H groups in total. The Morgan fingerprint density at radius 2 is 1.62 bits per heavy atom. The zero-order chi connectivity index (χ0) is 11.7. The summed E-state index contributed by atoms with van der Waals surface area (Å²) in [6.45, 7) is 3.85. The van der Waals surface area contributed by atoms with Gasteiger partial charge < -0.3 is 9.67 Å². The fourth-order valence-corrected chi connectivity index (χ4v) is 1.97. The summed E-state index contributed by atoms with van der Waals surface area (Å²) in [5.74, 6) is -0.884. The zero-order valence-corrected chi connectivity index (χ0v) is 9.27. The van der Waals surface area contributed by atoms with Crippen LogP contribution in [-0.4, -0.2) is 15.6 Å². The van der Waals surface area contributed by atoms with Gasteiger partial charge in [0.15, 0.2) is 0 Å². The molecule has 0 amide bonds. The molecule has 0 saturated heterocycles. The first-order valence-corrected chi connectivity index (χ1v) is 5.07. The largest absolute Gasteiger partial charge is 0.478 e. The van der Waals surface area contributed by atoms with Gasteiger partial charge in [-0.15, -0.1) is 0 Å². The number of aryl methyl sites for hydroxylation is 2. The topological polar surface area (TPSA) is 42.2 Å². The number of rotatable bonds is 2. The second kappa shape index (κ2) is 3.85. The van der Waals surface area contributed by atoms with E-state index in [2.05, 4.69) is 0 Å². The van der Waals surface area contributed by atoms with Crippen LogP contribution >= 0.6 is 0 Å². The molecule has 2 aromatic rings. The number of hydrogen-bond donors (Lipinski definition) is 1. The Balaban J connectivity index is 2.61. The molecule has 0 spiro atoms. The summed E-state index contributed by atoms with van der Waals surface area (Å²) >= 11 is 0. The minimum Gasteiger partial charge on any atom is -0.478 e. The highest BCUT2D eigenvalue weighted by atomic mass is 16.4. The number of carboxylic acid groups (broad SMARTS) is 1. The minimum atomic E-state index is -0.884. The Morgan fingerprint density at radius 3 is 2.06 bits per heavy atom. The van der Waals surface area contributed by atoms with Gasteiger partial charge in [0, 0.05) is 12.4 Å². The van der Waals surface area contributed by atoms with E-state index in [9.17, 15) is 4.79 Å². The van der Waals surface area contributed by atoms with Crippen molar-refractivity contribution in [3.63, 3.8) is 0 Å². The van der Waals surface area contributed by atoms with Gasteiger partial charge in [0.1, 0.15) is 0 Å². The molecule has 0 bridgehead atoms. The summed E-state index contributed by atoms with van der Waals surface area (Å²) in [5.41, 5.74) is 3.32. The second-order valence-corrected chi connectivity index (χ2v) is 3.85. The number of benzene rings is 1. The van der Waals surface area contributed by atoms with E-state index in [4.69, 9.17) is 5.11 Å². The van der Waals surface area contributed by atoms with Crippen molar-refractivity contribution in [3.05, 3.63) is 53.3 Å². The molecule has 3 heteroatoms. The number of hydrogen-bond acceptors (Lipinski definition) is 1. The lowest BCUT2D eigenvalue weighted by Crippen LogP contribution is -2.03. The summed E-state index contributed by atoms with van der Waals surface area (Å²) in [7, 11) is 0. The van der Waals surface area contributed by atoms with Gasteiger partial charge >= 0.3 is 5.97 Å². The molecule has 0 aliphatic heterocycles. The molecule has 1 aromatic carbocycles. The molecule has 2 rings (SSSR count). The van der Waals surface area contributed by atoms with E-state index < -0.39 is 5.97 Å². The first-order chi connectivity index (χ1) is 7.59. The van der Waals surface area contributed by atoms with Crippen LogP contribution in [-0.2, 0) is 0 Å². The smallest absolute Gasteiger partial charge is 0.335 e. The SMILES string of the molecule is Cc1cc(C(=O)O)cc(C)c1-n1cccc1. The maximum atomic E-state index is 10.9. The summed E-state index contributed by atoms with van der Waals surface area (Å²) in [4.78, 5) is 10.9. The van der Waals surface area contributed by atoms with Gasteiger partial charge in [-0.25, -0.2) is 4.79 Å². The van der Waals surface area contributed by atoms with Crippen LogP contribution in [0.2, 0.25) is 0 Å². The van der Waals surface area contributed by atoms with E-state index >= 15 is 0 Å². The van der Waals surface area contributed by atoms with E-state index in [0.29, 0.717) is 5.56 Å². The molecule has 3 nitrogen and oxygen atoms in total. The van der Waals surface area contributed by atoms with Crippen molar-refractivity contribution in [1.82, 2.24) is 4.57 Å². The van der Waals surface area contributed by atoms with Crippen LogP contribution in [0, 0.1) is 13.8 Å². The number of carboxylic acids is 1. The van der Waals surface area contributed by atoms with Crippen molar-refractivity contribution in [2.45, 2.75) is 13.8 Å². The van der Waals surface area contributed by atoms with Crippen molar-refractivity contribution in [3.8, 4) is 5.69 Å². The second-order valence-electron chi connectivity index (χ2n) is 3.85. The molecule has 82 valence electrons. The molecule has 0 radical (unpaired) electrons. The van der Waals surface area contributed by atoms with E-state index in [1.807, 2.05) is 42.9 Å². The van der Waals surface area contributed by atoms with Crippen LogP contribution in [0.1, 0.15) is 21.5 Å². The Kier molecular flexibility index (Phi) is 2.52. The molecule has 0 unspecified atom stereocenters. The summed E-state index contributed by atoms with van der Waals surface area (Å²) in [6, 6.07) is 7.29. The fourth-order valence-electron chi connectivity index (χ4n) is 1.97. The van der Waals surface area contributed by atoms with Crippen molar-refractivity contribution in [1.29, 1.82) is 0 Å². The van der Waals surface area contributed by atoms with Gasteiger partial charge in [-0.3, -0.25) is 0 Å². The predicted molar refractivity (Wildman–Crippen MR) is 62.2 cm³/mol. The summed E-state index contributed by atoms with van der Waals surface area (Å²) < 4.78 is 2.00. The van der Waals surface area contributed by atoms with Crippen molar-refractivity contribution >= 4 is 5.97 Å². The highest BCUT2D eigenvalue weighted by molar-refractivity contribution is 5.88. The van der Waals surface area contributed by atoms with Crippen molar-refractivity contribution in [2.24, 2.45) is 0 Å². The van der Waals surface area contributed by atoms with Crippen LogP contribution < -0.4 is 0 Å². The third-order valence-corrected chi connectivity index (χ3v) is 2.60. The quantitative estimate of drug-likeness (QED) is 0.837. The third kappa shape index (κ3) is 1.72. The van der Waals surface area contributed by atoms with E-state index in [1.165, 1.54) is 0 Å². The van der Waals surface area contributed by atoms with Gasteiger partial charge in [-0.2, -0.15) is 0 Å². The molecule has 1 heterocycles. The normalized spacial score (nSPS) is 10.4. The van der Waals surface area contributed by atoms with E-state index in [-0.39, 0.29) is 0 Å². The fraction of sp³-hybridized carbons (Fsp3) is 0.154. The van der Waals surface area contributed by atoms with Crippen molar-refractivity contribution < 1.29 is 9.90 Å². The average molecular weight is 215 g/mol. The lowest BCUT2D eigenvalue weighted by Gasteiger charge is -2.12. The van der Waals surface area contributed by atoms with Crippen LogP contribution in [0.5, 0.6) is 0 Å². The average Bonchev–Trinajstić information content (AvgIpc) is 2.69. The maximum Gasteiger partial charge on any atom is 0.335 e. The Morgan fingerprint density at radius 1 is 1.12 bits per heavy atom. The molecule has 0 aliphatic carbocycles. The number of aromatic nitrogens is 1. The first kappa shape index (κ1) is 10.5. The van der Waals surface area contributed by atoms with Crippen LogP contribution in [0.4, 0.5) is 0 Å². The monoisotopic (exact) mass is 215 g/mol. The predicted octanol–water partition coefficient (Wildman–Crippen LogP) is 2.79. The molecule has 0 aliphatic rings. The number of aromatic carboxylic acids is 1. The van der Waals surface area contributed by atoms with E-state index in [1.54, 1.807) is 12.1 Å². The number of nitrogens with zero attached hydrogens (tertiary/aromatic N) is 1. The molecule has 16 heavy (non-hydrogen) atoms. The first-order valence-electron chi connectivity index (χ1n) is 5.07. The molecule has 0 fully saturated rings. The van der Waals surface area contributed by atoms with Gasteiger partial charge in [0.25, 0.3) is 0 Å². The molecular weight excluding hydrogens is 202 g/mol. The van der Waals surface area contributed by atoms with Crippen LogP contribution in [0.25, 0.3) is 5.69 Å².